The molecule has 0 aliphatic heterocycles. The minimum absolute atomic E-state index is 0.335. The molecule has 0 saturated carbocycles. The summed E-state index contributed by atoms with van der Waals surface area (Å²) in [4.78, 5) is 27.4. The Labute approximate surface area is 87.7 Å². The summed E-state index contributed by atoms with van der Waals surface area (Å²) in [5.74, 6) is -1.53. The Morgan fingerprint density at radius 1 is 1.53 bits per heavy atom. The van der Waals surface area contributed by atoms with E-state index in [9.17, 15) is 9.59 Å². The highest BCUT2D eigenvalue weighted by Crippen LogP contribution is 2.01. The molecule has 0 aliphatic rings. The SMILES string of the molecule is COC(=O)C(=O)N(C)Cc1cccnc1. The summed E-state index contributed by atoms with van der Waals surface area (Å²) in [5.41, 5.74) is 0.859. The molecule has 1 amide bonds. The second-order valence-corrected chi connectivity index (χ2v) is 3.01. The van der Waals surface area contributed by atoms with Crippen LogP contribution in [0.25, 0.3) is 0 Å². The van der Waals surface area contributed by atoms with Gasteiger partial charge in [0.15, 0.2) is 0 Å². The lowest BCUT2D eigenvalue weighted by atomic mass is 10.3. The van der Waals surface area contributed by atoms with Crippen LogP contribution in [0.5, 0.6) is 0 Å². The van der Waals surface area contributed by atoms with Crippen molar-refractivity contribution in [1.29, 1.82) is 0 Å². The van der Waals surface area contributed by atoms with Crippen molar-refractivity contribution in [2.24, 2.45) is 0 Å². The van der Waals surface area contributed by atoms with Crippen LogP contribution in [0.1, 0.15) is 5.56 Å². The average Bonchev–Trinajstić information content (AvgIpc) is 2.28. The zero-order valence-corrected chi connectivity index (χ0v) is 8.64. The van der Waals surface area contributed by atoms with Gasteiger partial charge in [0, 0.05) is 26.0 Å². The molecule has 5 heteroatoms. The number of carbonyl (C=O) groups is 2. The van der Waals surface area contributed by atoms with Crippen LogP contribution < -0.4 is 0 Å². The van der Waals surface area contributed by atoms with Crippen LogP contribution >= 0.6 is 0 Å². The summed E-state index contributed by atoms with van der Waals surface area (Å²) < 4.78 is 4.33. The molecule has 0 radical (unpaired) electrons. The molecule has 1 aromatic heterocycles. The first-order chi connectivity index (χ1) is 7.15. The van der Waals surface area contributed by atoms with Crippen molar-refractivity contribution in [2.45, 2.75) is 6.54 Å². The van der Waals surface area contributed by atoms with E-state index in [0.29, 0.717) is 6.54 Å². The van der Waals surface area contributed by atoms with E-state index in [2.05, 4.69) is 9.72 Å². The number of pyridine rings is 1. The molecule has 0 fully saturated rings. The molecule has 0 aliphatic carbocycles. The van der Waals surface area contributed by atoms with Gasteiger partial charge in [0.1, 0.15) is 0 Å². The third kappa shape index (κ3) is 3.05. The van der Waals surface area contributed by atoms with Gasteiger partial charge in [-0.15, -0.1) is 0 Å². The van der Waals surface area contributed by atoms with Crippen molar-refractivity contribution in [3.05, 3.63) is 30.1 Å². The Morgan fingerprint density at radius 3 is 2.80 bits per heavy atom. The van der Waals surface area contributed by atoms with E-state index in [1.807, 2.05) is 6.07 Å². The second-order valence-electron chi connectivity index (χ2n) is 3.01. The summed E-state index contributed by atoms with van der Waals surface area (Å²) in [6, 6.07) is 3.60. The van der Waals surface area contributed by atoms with Gasteiger partial charge >= 0.3 is 11.9 Å². The number of nitrogens with zero attached hydrogens (tertiary/aromatic N) is 2. The maximum absolute atomic E-state index is 11.3. The molecule has 1 heterocycles. The third-order valence-electron chi connectivity index (χ3n) is 1.85. The minimum Gasteiger partial charge on any atom is -0.462 e. The number of carbonyl (C=O) groups excluding carboxylic acids is 2. The maximum Gasteiger partial charge on any atom is 0.396 e. The Hall–Kier alpha value is -1.91. The van der Waals surface area contributed by atoms with Crippen LogP contribution in [0.3, 0.4) is 0 Å². The number of ether oxygens (including phenoxy) is 1. The van der Waals surface area contributed by atoms with Crippen molar-refractivity contribution in [3.63, 3.8) is 0 Å². The molecule has 1 rings (SSSR count). The fraction of sp³-hybridized carbons (Fsp3) is 0.300. The van der Waals surface area contributed by atoms with Crippen molar-refractivity contribution < 1.29 is 14.3 Å². The van der Waals surface area contributed by atoms with E-state index in [-0.39, 0.29) is 0 Å². The number of likely N-dealkylation sites (N-methyl/N-ethyl adjacent to an activating group) is 1. The van der Waals surface area contributed by atoms with Gasteiger partial charge < -0.3 is 9.64 Å². The zero-order chi connectivity index (χ0) is 11.3. The van der Waals surface area contributed by atoms with Gasteiger partial charge in [-0.1, -0.05) is 6.07 Å². The van der Waals surface area contributed by atoms with E-state index in [4.69, 9.17) is 0 Å². The highest BCUT2D eigenvalue weighted by molar-refractivity contribution is 6.32. The molecular weight excluding hydrogens is 196 g/mol. The molecule has 0 saturated heterocycles. The van der Waals surface area contributed by atoms with E-state index in [1.165, 1.54) is 19.1 Å². The molecule has 0 aromatic carbocycles. The molecule has 0 N–H and O–H groups in total. The molecule has 0 spiro atoms. The topological polar surface area (TPSA) is 59.5 Å². The van der Waals surface area contributed by atoms with Crippen molar-refractivity contribution in [2.75, 3.05) is 14.2 Å². The van der Waals surface area contributed by atoms with Gasteiger partial charge in [-0.05, 0) is 11.6 Å². The summed E-state index contributed by atoms with van der Waals surface area (Å²) in [6.07, 6.45) is 3.28. The van der Waals surface area contributed by atoms with Gasteiger partial charge in [-0.2, -0.15) is 0 Å². The zero-order valence-electron chi connectivity index (χ0n) is 8.64. The highest BCUT2D eigenvalue weighted by Gasteiger charge is 2.18. The Balaban J connectivity index is 2.60. The number of hydrogen-bond donors (Lipinski definition) is 0. The van der Waals surface area contributed by atoms with Gasteiger partial charge in [-0.3, -0.25) is 9.78 Å². The molecule has 0 unspecified atom stereocenters. The van der Waals surface area contributed by atoms with Crippen LogP contribution in [0, 0.1) is 0 Å². The predicted molar refractivity (Wildman–Crippen MR) is 52.7 cm³/mol. The number of rotatable bonds is 2. The average molecular weight is 208 g/mol. The highest BCUT2D eigenvalue weighted by atomic mass is 16.5. The van der Waals surface area contributed by atoms with Crippen LogP contribution in [-0.2, 0) is 20.9 Å². The van der Waals surface area contributed by atoms with Crippen molar-refractivity contribution in [1.82, 2.24) is 9.88 Å². The van der Waals surface area contributed by atoms with Crippen molar-refractivity contribution >= 4 is 11.9 Å². The van der Waals surface area contributed by atoms with E-state index in [1.54, 1.807) is 18.5 Å². The van der Waals surface area contributed by atoms with Gasteiger partial charge in [-0.25, -0.2) is 4.79 Å². The summed E-state index contributed by atoms with van der Waals surface area (Å²) in [5, 5.41) is 0. The van der Waals surface area contributed by atoms with Crippen molar-refractivity contribution in [3.8, 4) is 0 Å². The van der Waals surface area contributed by atoms with Gasteiger partial charge in [0.05, 0.1) is 7.11 Å². The first-order valence-corrected chi connectivity index (χ1v) is 4.37. The molecular formula is C10H12N2O3. The van der Waals surface area contributed by atoms with Gasteiger partial charge in [0.25, 0.3) is 0 Å². The fourth-order valence-corrected chi connectivity index (χ4v) is 1.08. The molecule has 1 aromatic rings. The minimum atomic E-state index is -0.860. The number of hydrogen-bond acceptors (Lipinski definition) is 4. The summed E-state index contributed by atoms with van der Waals surface area (Å²) >= 11 is 0. The third-order valence-corrected chi connectivity index (χ3v) is 1.85. The van der Waals surface area contributed by atoms with E-state index in [0.717, 1.165) is 5.56 Å². The van der Waals surface area contributed by atoms with Gasteiger partial charge in [0.2, 0.25) is 0 Å². The molecule has 0 atom stereocenters. The number of esters is 1. The fourth-order valence-electron chi connectivity index (χ4n) is 1.08. The first-order valence-electron chi connectivity index (χ1n) is 4.37. The van der Waals surface area contributed by atoms with E-state index >= 15 is 0 Å². The Morgan fingerprint density at radius 2 is 2.27 bits per heavy atom. The van der Waals surface area contributed by atoms with E-state index < -0.39 is 11.9 Å². The largest absolute Gasteiger partial charge is 0.462 e. The standard InChI is InChI=1S/C10H12N2O3/c1-12(9(13)10(14)15-2)7-8-4-3-5-11-6-8/h3-6H,7H2,1-2H3. The lowest BCUT2D eigenvalue weighted by Gasteiger charge is -2.14. The quantitative estimate of drug-likeness (QED) is 0.515. The molecule has 0 bridgehead atoms. The van der Waals surface area contributed by atoms with Crippen LogP contribution in [0.2, 0.25) is 0 Å². The number of aromatic nitrogens is 1. The molecule has 80 valence electrons. The van der Waals surface area contributed by atoms with Crippen LogP contribution in [0.4, 0.5) is 0 Å². The summed E-state index contributed by atoms with van der Waals surface area (Å²) in [7, 11) is 2.71. The molecule has 5 nitrogen and oxygen atoms in total. The first kappa shape index (κ1) is 11.2. The van der Waals surface area contributed by atoms with Crippen LogP contribution in [-0.4, -0.2) is 35.9 Å². The summed E-state index contributed by atoms with van der Waals surface area (Å²) in [6.45, 7) is 0.335. The monoisotopic (exact) mass is 208 g/mol. The predicted octanol–water partition coefficient (Wildman–Crippen LogP) is 0.213. The van der Waals surface area contributed by atoms with Crippen LogP contribution in [0.15, 0.2) is 24.5 Å². The number of amides is 1. The Bertz CT molecular complexity index is 351. The molecule has 15 heavy (non-hydrogen) atoms. The lowest BCUT2D eigenvalue weighted by Crippen LogP contribution is -2.33. The maximum atomic E-state index is 11.3. The smallest absolute Gasteiger partial charge is 0.396 e. The lowest BCUT2D eigenvalue weighted by molar-refractivity contribution is -0.157. The Kier molecular flexibility index (Phi) is 3.79. The number of methoxy groups -OCH3 is 1. The normalized spacial score (nSPS) is 9.47. The second kappa shape index (κ2) is 5.09.